The molecular formula is C14H16Cl2N2O2. The van der Waals surface area contributed by atoms with E-state index in [-0.39, 0.29) is 10.9 Å². The van der Waals surface area contributed by atoms with Crippen LogP contribution in [0.4, 0.5) is 0 Å². The van der Waals surface area contributed by atoms with Crippen LogP contribution in [0.1, 0.15) is 26.7 Å². The maximum atomic E-state index is 11.9. The summed E-state index contributed by atoms with van der Waals surface area (Å²) in [4.78, 5) is 11.9. The van der Waals surface area contributed by atoms with Crippen molar-refractivity contribution in [1.82, 2.24) is 5.32 Å². The van der Waals surface area contributed by atoms with Gasteiger partial charge in [-0.2, -0.15) is 5.26 Å². The van der Waals surface area contributed by atoms with E-state index in [0.717, 1.165) is 6.42 Å². The summed E-state index contributed by atoms with van der Waals surface area (Å²) in [6, 6.07) is 6.48. The van der Waals surface area contributed by atoms with Crippen molar-refractivity contribution in [3.63, 3.8) is 0 Å². The minimum absolute atomic E-state index is 0.263. The lowest BCUT2D eigenvalue weighted by Crippen LogP contribution is -2.41. The van der Waals surface area contributed by atoms with Crippen molar-refractivity contribution in [3.8, 4) is 11.8 Å². The van der Waals surface area contributed by atoms with Crippen molar-refractivity contribution in [1.29, 1.82) is 5.26 Å². The Kier molecular flexibility index (Phi) is 6.63. The Morgan fingerprint density at radius 3 is 2.80 bits per heavy atom. The largest absolute Gasteiger partial charge is 0.479 e. The number of nitriles is 1. The molecule has 1 aromatic carbocycles. The van der Waals surface area contributed by atoms with Gasteiger partial charge < -0.3 is 10.1 Å². The lowest BCUT2D eigenvalue weighted by molar-refractivity contribution is -0.127. The van der Waals surface area contributed by atoms with Gasteiger partial charge in [0.25, 0.3) is 5.91 Å². The Morgan fingerprint density at radius 2 is 2.20 bits per heavy atom. The number of carbonyl (C=O) groups excluding carboxylic acids is 1. The predicted molar refractivity (Wildman–Crippen MR) is 79.0 cm³/mol. The fourth-order valence-corrected chi connectivity index (χ4v) is 1.90. The molecule has 6 heteroatoms. The Hall–Kier alpha value is -1.44. The van der Waals surface area contributed by atoms with E-state index in [2.05, 4.69) is 5.32 Å². The van der Waals surface area contributed by atoms with Crippen LogP contribution >= 0.6 is 23.2 Å². The number of hydrogen-bond donors (Lipinski definition) is 1. The van der Waals surface area contributed by atoms with E-state index in [1.807, 2.05) is 13.0 Å². The van der Waals surface area contributed by atoms with Gasteiger partial charge in [-0.1, -0.05) is 42.6 Å². The first-order valence-electron chi connectivity index (χ1n) is 6.30. The Morgan fingerprint density at radius 1 is 1.50 bits per heavy atom. The van der Waals surface area contributed by atoms with E-state index < -0.39 is 12.1 Å². The molecule has 0 saturated carbocycles. The number of carbonyl (C=O) groups is 1. The van der Waals surface area contributed by atoms with E-state index in [1.165, 1.54) is 0 Å². The highest BCUT2D eigenvalue weighted by atomic mass is 35.5. The number of rotatable bonds is 6. The van der Waals surface area contributed by atoms with Crippen LogP contribution in [-0.2, 0) is 4.79 Å². The highest BCUT2D eigenvalue weighted by Gasteiger charge is 2.19. The Labute approximate surface area is 128 Å². The number of nitrogens with one attached hydrogen (secondary N) is 1. The topological polar surface area (TPSA) is 62.1 Å². The van der Waals surface area contributed by atoms with Crippen molar-refractivity contribution in [3.05, 3.63) is 28.2 Å². The summed E-state index contributed by atoms with van der Waals surface area (Å²) in [7, 11) is 0. The van der Waals surface area contributed by atoms with Crippen LogP contribution in [0, 0.1) is 11.3 Å². The SMILES string of the molecule is CCCC(C#N)NC(=O)C(C)Oc1cccc(Cl)c1Cl. The van der Waals surface area contributed by atoms with Gasteiger partial charge in [0.1, 0.15) is 16.8 Å². The van der Waals surface area contributed by atoms with Gasteiger partial charge in [-0.05, 0) is 25.5 Å². The molecule has 2 atom stereocenters. The maximum absolute atomic E-state index is 11.9. The van der Waals surface area contributed by atoms with Crippen molar-refractivity contribution in [2.45, 2.75) is 38.8 Å². The Bertz CT molecular complexity index is 514. The predicted octanol–water partition coefficient (Wildman–Crippen LogP) is 3.57. The molecule has 0 fully saturated rings. The maximum Gasteiger partial charge on any atom is 0.261 e. The summed E-state index contributed by atoms with van der Waals surface area (Å²) in [6.45, 7) is 3.54. The molecule has 0 heterocycles. The first-order chi connectivity index (χ1) is 9.49. The average molecular weight is 315 g/mol. The molecule has 0 bridgehead atoms. The fraction of sp³-hybridized carbons (Fsp3) is 0.429. The van der Waals surface area contributed by atoms with Crippen molar-refractivity contribution < 1.29 is 9.53 Å². The molecular weight excluding hydrogens is 299 g/mol. The van der Waals surface area contributed by atoms with Gasteiger partial charge in [-0.25, -0.2) is 0 Å². The Balaban J connectivity index is 2.66. The summed E-state index contributed by atoms with van der Waals surface area (Å²) in [5.74, 6) is -0.0214. The van der Waals surface area contributed by atoms with Gasteiger partial charge in [-0.15, -0.1) is 0 Å². The molecule has 0 spiro atoms. The summed E-state index contributed by atoms with van der Waals surface area (Å²) in [5.41, 5.74) is 0. The van der Waals surface area contributed by atoms with Crippen LogP contribution in [0.25, 0.3) is 0 Å². The van der Waals surface area contributed by atoms with Crippen LogP contribution in [0.15, 0.2) is 18.2 Å². The lowest BCUT2D eigenvalue weighted by atomic mass is 10.2. The monoisotopic (exact) mass is 314 g/mol. The van der Waals surface area contributed by atoms with Crippen LogP contribution in [-0.4, -0.2) is 18.1 Å². The van der Waals surface area contributed by atoms with Crippen molar-refractivity contribution in [2.24, 2.45) is 0 Å². The summed E-state index contributed by atoms with van der Waals surface area (Å²) >= 11 is 11.9. The molecule has 0 aliphatic rings. The third-order valence-electron chi connectivity index (χ3n) is 2.64. The van der Waals surface area contributed by atoms with E-state index in [0.29, 0.717) is 17.2 Å². The highest BCUT2D eigenvalue weighted by Crippen LogP contribution is 2.32. The van der Waals surface area contributed by atoms with Gasteiger partial charge in [0, 0.05) is 0 Å². The minimum atomic E-state index is -0.765. The van der Waals surface area contributed by atoms with E-state index in [4.69, 9.17) is 33.2 Å². The summed E-state index contributed by atoms with van der Waals surface area (Å²) in [6.07, 6.45) is 0.652. The van der Waals surface area contributed by atoms with E-state index in [1.54, 1.807) is 25.1 Å². The second-order valence-corrected chi connectivity index (χ2v) is 5.08. The normalized spacial score (nSPS) is 13.2. The zero-order chi connectivity index (χ0) is 15.1. The second-order valence-electron chi connectivity index (χ2n) is 4.29. The molecule has 0 radical (unpaired) electrons. The zero-order valence-corrected chi connectivity index (χ0v) is 12.8. The molecule has 0 aliphatic heterocycles. The van der Waals surface area contributed by atoms with Gasteiger partial charge in [0.15, 0.2) is 6.10 Å². The number of hydrogen-bond acceptors (Lipinski definition) is 3. The van der Waals surface area contributed by atoms with Crippen molar-refractivity contribution >= 4 is 29.1 Å². The summed E-state index contributed by atoms with van der Waals surface area (Å²) in [5, 5.41) is 12.2. The molecule has 0 saturated heterocycles. The van der Waals surface area contributed by atoms with Gasteiger partial charge in [0.2, 0.25) is 0 Å². The number of benzene rings is 1. The van der Waals surface area contributed by atoms with Crippen LogP contribution < -0.4 is 10.1 Å². The van der Waals surface area contributed by atoms with E-state index in [9.17, 15) is 4.79 Å². The molecule has 1 rings (SSSR count). The average Bonchev–Trinajstić information content (AvgIpc) is 2.43. The zero-order valence-electron chi connectivity index (χ0n) is 11.3. The molecule has 0 aliphatic carbocycles. The minimum Gasteiger partial charge on any atom is -0.479 e. The lowest BCUT2D eigenvalue weighted by Gasteiger charge is -2.18. The molecule has 1 N–H and O–H groups in total. The quantitative estimate of drug-likeness (QED) is 0.873. The number of ether oxygens (including phenoxy) is 1. The van der Waals surface area contributed by atoms with Crippen molar-refractivity contribution in [2.75, 3.05) is 0 Å². The third kappa shape index (κ3) is 4.59. The smallest absolute Gasteiger partial charge is 0.261 e. The standard InChI is InChI=1S/C14H16Cl2N2O2/c1-3-5-10(8-17)18-14(19)9(2)20-12-7-4-6-11(15)13(12)16/h4,6-7,9-10H,3,5H2,1-2H3,(H,18,19). The number of amides is 1. The second kappa shape index (κ2) is 7.98. The van der Waals surface area contributed by atoms with Crippen LogP contribution in [0.5, 0.6) is 5.75 Å². The molecule has 0 aromatic heterocycles. The van der Waals surface area contributed by atoms with Crippen LogP contribution in [0.2, 0.25) is 10.0 Å². The van der Waals surface area contributed by atoms with Gasteiger partial charge >= 0.3 is 0 Å². The number of nitrogens with zero attached hydrogens (tertiary/aromatic N) is 1. The molecule has 1 amide bonds. The van der Waals surface area contributed by atoms with Crippen LogP contribution in [0.3, 0.4) is 0 Å². The first-order valence-corrected chi connectivity index (χ1v) is 7.05. The van der Waals surface area contributed by atoms with E-state index >= 15 is 0 Å². The highest BCUT2D eigenvalue weighted by molar-refractivity contribution is 6.42. The number of halogens is 2. The molecule has 1 aromatic rings. The summed E-state index contributed by atoms with van der Waals surface area (Å²) < 4.78 is 5.47. The molecule has 4 nitrogen and oxygen atoms in total. The molecule has 2 unspecified atom stereocenters. The van der Waals surface area contributed by atoms with Gasteiger partial charge in [-0.3, -0.25) is 4.79 Å². The third-order valence-corrected chi connectivity index (χ3v) is 3.44. The molecule has 20 heavy (non-hydrogen) atoms. The van der Waals surface area contributed by atoms with Gasteiger partial charge in [0.05, 0.1) is 11.1 Å². The fourth-order valence-electron chi connectivity index (χ4n) is 1.57. The molecule has 108 valence electrons. The first kappa shape index (κ1) is 16.6.